The zero-order valence-corrected chi connectivity index (χ0v) is 8.99. The zero-order chi connectivity index (χ0) is 9.72. The van der Waals surface area contributed by atoms with Crippen LogP contribution in [0.3, 0.4) is 0 Å². The molecule has 0 saturated carbocycles. The molecule has 0 aliphatic carbocycles. The SMILES string of the molecule is C=C(C)/C(C)=C(\C)C/C(C)=C/C. The van der Waals surface area contributed by atoms with E-state index in [1.165, 1.54) is 22.3 Å². The summed E-state index contributed by atoms with van der Waals surface area (Å²) in [5.41, 5.74) is 5.37. The van der Waals surface area contributed by atoms with E-state index in [0.29, 0.717) is 0 Å². The second-order valence-corrected chi connectivity index (χ2v) is 3.50. The number of hydrogen-bond donors (Lipinski definition) is 0. The van der Waals surface area contributed by atoms with Crippen LogP contribution in [-0.4, -0.2) is 0 Å². The third kappa shape index (κ3) is 3.56. The molecule has 0 aliphatic heterocycles. The van der Waals surface area contributed by atoms with Crippen LogP contribution in [0.15, 0.2) is 34.9 Å². The summed E-state index contributed by atoms with van der Waals surface area (Å²) in [4.78, 5) is 0. The molecule has 0 radical (unpaired) electrons. The van der Waals surface area contributed by atoms with Gasteiger partial charge in [0.1, 0.15) is 0 Å². The molecule has 0 spiro atoms. The Morgan fingerprint density at radius 3 is 2.00 bits per heavy atom. The molecule has 0 saturated heterocycles. The minimum absolute atomic E-state index is 1.08. The molecular weight excluding hydrogens is 144 g/mol. The van der Waals surface area contributed by atoms with Crippen molar-refractivity contribution in [3.63, 3.8) is 0 Å². The lowest BCUT2D eigenvalue weighted by atomic mass is 9.99. The lowest BCUT2D eigenvalue weighted by Gasteiger charge is -2.07. The maximum atomic E-state index is 3.93. The second-order valence-electron chi connectivity index (χ2n) is 3.50. The molecule has 0 heterocycles. The summed E-state index contributed by atoms with van der Waals surface area (Å²) < 4.78 is 0. The third-order valence-corrected chi connectivity index (χ3v) is 2.32. The minimum Gasteiger partial charge on any atom is -0.0959 e. The van der Waals surface area contributed by atoms with Gasteiger partial charge >= 0.3 is 0 Å². The van der Waals surface area contributed by atoms with Crippen molar-refractivity contribution in [1.82, 2.24) is 0 Å². The normalized spacial score (nSPS) is 14.2. The van der Waals surface area contributed by atoms with E-state index in [0.717, 1.165) is 6.42 Å². The monoisotopic (exact) mass is 164 g/mol. The standard InChI is InChI=1S/C12H20/c1-7-10(4)8-11(5)12(6)9(2)3/h7H,2,8H2,1,3-6H3/b10-7+,12-11+. The molecule has 12 heavy (non-hydrogen) atoms. The van der Waals surface area contributed by atoms with E-state index in [1.54, 1.807) is 0 Å². The van der Waals surface area contributed by atoms with Gasteiger partial charge in [0.2, 0.25) is 0 Å². The molecule has 0 nitrogen and oxygen atoms in total. The van der Waals surface area contributed by atoms with Crippen molar-refractivity contribution in [2.45, 2.75) is 41.0 Å². The van der Waals surface area contributed by atoms with E-state index >= 15 is 0 Å². The molecule has 0 bridgehead atoms. The average molecular weight is 164 g/mol. The molecule has 0 unspecified atom stereocenters. The highest BCUT2D eigenvalue weighted by atomic mass is 14.0. The van der Waals surface area contributed by atoms with Crippen LogP contribution < -0.4 is 0 Å². The van der Waals surface area contributed by atoms with Crippen LogP contribution in [0, 0.1) is 0 Å². The summed E-state index contributed by atoms with van der Waals surface area (Å²) in [6, 6.07) is 0. The van der Waals surface area contributed by atoms with Crippen LogP contribution in [0.2, 0.25) is 0 Å². The van der Waals surface area contributed by atoms with E-state index in [1.807, 2.05) is 0 Å². The number of hydrogen-bond acceptors (Lipinski definition) is 0. The van der Waals surface area contributed by atoms with Gasteiger partial charge in [0, 0.05) is 0 Å². The highest BCUT2D eigenvalue weighted by Gasteiger charge is 1.97. The molecule has 0 N–H and O–H groups in total. The van der Waals surface area contributed by atoms with Crippen molar-refractivity contribution >= 4 is 0 Å². The fourth-order valence-corrected chi connectivity index (χ4v) is 1.02. The van der Waals surface area contributed by atoms with Crippen molar-refractivity contribution in [3.8, 4) is 0 Å². The molecule has 0 rings (SSSR count). The summed E-state index contributed by atoms with van der Waals surface area (Å²) in [6.45, 7) is 14.6. The van der Waals surface area contributed by atoms with Crippen molar-refractivity contribution in [2.75, 3.05) is 0 Å². The van der Waals surface area contributed by atoms with Gasteiger partial charge in [-0.1, -0.05) is 29.4 Å². The highest BCUT2D eigenvalue weighted by molar-refractivity contribution is 5.30. The first-order valence-corrected chi connectivity index (χ1v) is 4.43. The van der Waals surface area contributed by atoms with Gasteiger partial charge in [-0.15, -0.1) is 0 Å². The molecule has 0 atom stereocenters. The summed E-state index contributed by atoms with van der Waals surface area (Å²) in [5.74, 6) is 0. The van der Waals surface area contributed by atoms with Gasteiger partial charge in [0.25, 0.3) is 0 Å². The molecule has 0 heteroatoms. The van der Waals surface area contributed by atoms with Gasteiger partial charge < -0.3 is 0 Å². The lowest BCUT2D eigenvalue weighted by molar-refractivity contribution is 1.06. The predicted molar refractivity (Wildman–Crippen MR) is 57.2 cm³/mol. The molecular formula is C12H20. The molecule has 0 aromatic rings. The Morgan fingerprint density at radius 1 is 1.17 bits per heavy atom. The Labute approximate surface area is 76.7 Å². The molecule has 0 amide bonds. The van der Waals surface area contributed by atoms with Crippen molar-refractivity contribution in [3.05, 3.63) is 34.9 Å². The van der Waals surface area contributed by atoms with E-state index in [9.17, 15) is 0 Å². The van der Waals surface area contributed by atoms with Crippen LogP contribution >= 0.6 is 0 Å². The summed E-state index contributed by atoms with van der Waals surface area (Å²) >= 11 is 0. The predicted octanol–water partition coefficient (Wildman–Crippen LogP) is 4.26. The molecule has 0 aliphatic rings. The molecule has 68 valence electrons. The van der Waals surface area contributed by atoms with Crippen LogP contribution in [0.1, 0.15) is 41.0 Å². The lowest BCUT2D eigenvalue weighted by Crippen LogP contribution is -1.87. The van der Waals surface area contributed by atoms with Gasteiger partial charge in [0.05, 0.1) is 0 Å². The number of allylic oxidation sites excluding steroid dienone is 5. The van der Waals surface area contributed by atoms with Gasteiger partial charge in [-0.3, -0.25) is 0 Å². The van der Waals surface area contributed by atoms with Gasteiger partial charge in [-0.05, 0) is 46.6 Å². The van der Waals surface area contributed by atoms with Gasteiger partial charge in [0.15, 0.2) is 0 Å². The topological polar surface area (TPSA) is 0 Å². The first kappa shape index (κ1) is 11.2. The molecule has 0 aromatic carbocycles. The van der Waals surface area contributed by atoms with Crippen LogP contribution in [-0.2, 0) is 0 Å². The maximum Gasteiger partial charge on any atom is -0.0108 e. The van der Waals surface area contributed by atoms with Crippen LogP contribution in [0.4, 0.5) is 0 Å². The van der Waals surface area contributed by atoms with E-state index in [-0.39, 0.29) is 0 Å². The van der Waals surface area contributed by atoms with Crippen LogP contribution in [0.25, 0.3) is 0 Å². The van der Waals surface area contributed by atoms with Crippen molar-refractivity contribution < 1.29 is 0 Å². The largest absolute Gasteiger partial charge is 0.0959 e. The Balaban J connectivity index is 4.48. The van der Waals surface area contributed by atoms with E-state index in [4.69, 9.17) is 0 Å². The summed E-state index contributed by atoms with van der Waals surface area (Å²) in [7, 11) is 0. The third-order valence-electron chi connectivity index (χ3n) is 2.32. The zero-order valence-electron chi connectivity index (χ0n) is 8.99. The smallest absolute Gasteiger partial charge is 0.0108 e. The van der Waals surface area contributed by atoms with Gasteiger partial charge in [-0.25, -0.2) is 0 Å². The summed E-state index contributed by atoms with van der Waals surface area (Å²) in [6.07, 6.45) is 3.24. The second kappa shape index (κ2) is 4.97. The highest BCUT2D eigenvalue weighted by Crippen LogP contribution is 2.18. The quantitative estimate of drug-likeness (QED) is 0.432. The van der Waals surface area contributed by atoms with Crippen LogP contribution in [0.5, 0.6) is 0 Å². The minimum atomic E-state index is 1.08. The van der Waals surface area contributed by atoms with Gasteiger partial charge in [-0.2, -0.15) is 0 Å². The fraction of sp³-hybridized carbons (Fsp3) is 0.500. The molecule has 0 fully saturated rings. The number of rotatable bonds is 3. The Bertz CT molecular complexity index is 226. The first-order chi connectivity index (χ1) is 5.49. The van der Waals surface area contributed by atoms with Crippen molar-refractivity contribution in [2.24, 2.45) is 0 Å². The van der Waals surface area contributed by atoms with E-state index < -0.39 is 0 Å². The molecule has 0 aromatic heterocycles. The van der Waals surface area contributed by atoms with E-state index in [2.05, 4.69) is 47.3 Å². The Kier molecular flexibility index (Phi) is 4.65. The summed E-state index contributed by atoms with van der Waals surface area (Å²) in [5, 5.41) is 0. The Hall–Kier alpha value is -0.780. The van der Waals surface area contributed by atoms with Crippen molar-refractivity contribution in [1.29, 1.82) is 0 Å². The fourth-order valence-electron chi connectivity index (χ4n) is 1.02. The Morgan fingerprint density at radius 2 is 1.67 bits per heavy atom. The average Bonchev–Trinajstić information content (AvgIpc) is 2.02. The first-order valence-electron chi connectivity index (χ1n) is 4.43. The maximum absolute atomic E-state index is 3.93.